The molecule has 6 nitrogen and oxygen atoms in total. The van der Waals surface area contributed by atoms with E-state index < -0.39 is 12.0 Å². The van der Waals surface area contributed by atoms with Gasteiger partial charge in [-0.3, -0.25) is 9.59 Å². The molecule has 112 valence electrons. The van der Waals surface area contributed by atoms with Crippen LogP contribution in [0.15, 0.2) is 30.3 Å². The quantitative estimate of drug-likeness (QED) is 0.800. The summed E-state index contributed by atoms with van der Waals surface area (Å²) in [5, 5.41) is 2.51. The van der Waals surface area contributed by atoms with E-state index in [9.17, 15) is 14.4 Å². The number of hydrogen-bond acceptors (Lipinski definition) is 4. The lowest BCUT2D eigenvalue weighted by molar-refractivity contribution is -0.153. The number of carbonyl (C=O) groups excluding carboxylic acids is 3. The van der Waals surface area contributed by atoms with E-state index in [0.29, 0.717) is 19.4 Å². The standard InChI is InChI=1S/C15H18N2O4/c1-17(9-11-5-3-2-4-6-11)14(19)10-21-15(20)12-7-8-13(18)16-12/h2-6,12H,7-10H2,1H3,(H,16,18)/t12-/m1/s1. The average molecular weight is 290 g/mol. The molecular formula is C15H18N2O4. The molecule has 1 aliphatic rings. The van der Waals surface area contributed by atoms with E-state index in [1.165, 1.54) is 4.90 Å². The highest BCUT2D eigenvalue weighted by Gasteiger charge is 2.29. The lowest BCUT2D eigenvalue weighted by Crippen LogP contribution is -2.37. The van der Waals surface area contributed by atoms with E-state index in [4.69, 9.17) is 4.74 Å². The summed E-state index contributed by atoms with van der Waals surface area (Å²) in [7, 11) is 1.65. The van der Waals surface area contributed by atoms with Gasteiger partial charge in [0, 0.05) is 20.0 Å². The molecule has 1 N–H and O–H groups in total. The molecule has 0 aliphatic carbocycles. The summed E-state index contributed by atoms with van der Waals surface area (Å²) in [6.07, 6.45) is 0.743. The fourth-order valence-corrected chi connectivity index (χ4v) is 2.08. The van der Waals surface area contributed by atoms with Crippen molar-refractivity contribution in [2.75, 3.05) is 13.7 Å². The second kappa shape index (κ2) is 6.88. The van der Waals surface area contributed by atoms with Gasteiger partial charge in [0.25, 0.3) is 5.91 Å². The largest absolute Gasteiger partial charge is 0.454 e. The highest BCUT2D eigenvalue weighted by Crippen LogP contribution is 2.08. The van der Waals surface area contributed by atoms with Gasteiger partial charge in [-0.15, -0.1) is 0 Å². The molecule has 6 heteroatoms. The first-order valence-corrected chi connectivity index (χ1v) is 6.80. The molecule has 1 atom stereocenters. The smallest absolute Gasteiger partial charge is 0.329 e. The predicted octanol–water partition coefficient (Wildman–Crippen LogP) is 0.467. The molecular weight excluding hydrogens is 272 g/mol. The van der Waals surface area contributed by atoms with Crippen molar-refractivity contribution in [1.29, 1.82) is 0 Å². The van der Waals surface area contributed by atoms with E-state index in [2.05, 4.69) is 5.32 Å². The summed E-state index contributed by atoms with van der Waals surface area (Å²) < 4.78 is 4.95. The summed E-state index contributed by atoms with van der Waals surface area (Å²) in [6.45, 7) is 0.145. The number of likely N-dealkylation sites (N-methyl/N-ethyl adjacent to an activating group) is 1. The maximum absolute atomic E-state index is 11.9. The number of ether oxygens (including phenoxy) is 1. The van der Waals surface area contributed by atoms with Crippen molar-refractivity contribution < 1.29 is 19.1 Å². The topological polar surface area (TPSA) is 75.7 Å². The van der Waals surface area contributed by atoms with Crippen LogP contribution in [-0.4, -0.2) is 42.4 Å². The molecule has 0 radical (unpaired) electrons. The zero-order chi connectivity index (χ0) is 15.2. The van der Waals surface area contributed by atoms with Crippen molar-refractivity contribution in [3.8, 4) is 0 Å². The Kier molecular flexibility index (Phi) is 4.92. The van der Waals surface area contributed by atoms with Gasteiger partial charge in [0.15, 0.2) is 6.61 Å². The Morgan fingerprint density at radius 1 is 1.33 bits per heavy atom. The fraction of sp³-hybridized carbons (Fsp3) is 0.400. The maximum atomic E-state index is 11.9. The molecule has 0 spiro atoms. The third-order valence-corrected chi connectivity index (χ3v) is 3.31. The van der Waals surface area contributed by atoms with Crippen LogP contribution < -0.4 is 5.32 Å². The van der Waals surface area contributed by atoms with Crippen LogP contribution in [-0.2, 0) is 25.7 Å². The normalized spacial score (nSPS) is 17.2. The Hall–Kier alpha value is -2.37. The van der Waals surface area contributed by atoms with Gasteiger partial charge < -0.3 is 15.0 Å². The van der Waals surface area contributed by atoms with Gasteiger partial charge in [-0.1, -0.05) is 30.3 Å². The molecule has 0 unspecified atom stereocenters. The van der Waals surface area contributed by atoms with Crippen LogP contribution in [0.4, 0.5) is 0 Å². The molecule has 2 amide bonds. The minimum absolute atomic E-state index is 0.163. The molecule has 1 aliphatic heterocycles. The van der Waals surface area contributed by atoms with Gasteiger partial charge in [-0.2, -0.15) is 0 Å². The summed E-state index contributed by atoms with van der Waals surface area (Å²) in [4.78, 5) is 36.1. The van der Waals surface area contributed by atoms with Crippen molar-refractivity contribution in [2.45, 2.75) is 25.4 Å². The Bertz CT molecular complexity index is 530. The molecule has 0 saturated carbocycles. The van der Waals surface area contributed by atoms with Crippen molar-refractivity contribution >= 4 is 17.8 Å². The average Bonchev–Trinajstić information content (AvgIpc) is 2.92. The highest BCUT2D eigenvalue weighted by molar-refractivity contribution is 5.89. The maximum Gasteiger partial charge on any atom is 0.329 e. The molecule has 21 heavy (non-hydrogen) atoms. The Morgan fingerprint density at radius 2 is 2.05 bits per heavy atom. The second-order valence-corrected chi connectivity index (χ2v) is 5.00. The van der Waals surface area contributed by atoms with Crippen molar-refractivity contribution in [1.82, 2.24) is 10.2 Å². The number of rotatable bonds is 5. The molecule has 0 bridgehead atoms. The first-order valence-electron chi connectivity index (χ1n) is 6.80. The number of benzene rings is 1. The number of hydrogen-bond donors (Lipinski definition) is 1. The van der Waals surface area contributed by atoms with E-state index in [-0.39, 0.29) is 18.4 Å². The number of nitrogens with one attached hydrogen (secondary N) is 1. The zero-order valence-corrected chi connectivity index (χ0v) is 11.9. The molecule has 2 rings (SSSR count). The third-order valence-electron chi connectivity index (χ3n) is 3.31. The zero-order valence-electron chi connectivity index (χ0n) is 11.9. The van der Waals surface area contributed by atoms with Crippen LogP contribution in [0, 0.1) is 0 Å². The first kappa shape index (κ1) is 15.0. The van der Waals surface area contributed by atoms with Gasteiger partial charge in [0.2, 0.25) is 5.91 Å². The van der Waals surface area contributed by atoms with Crippen LogP contribution >= 0.6 is 0 Å². The van der Waals surface area contributed by atoms with Crippen molar-refractivity contribution in [3.05, 3.63) is 35.9 Å². The Balaban J connectivity index is 1.76. The number of carbonyl (C=O) groups is 3. The number of esters is 1. The predicted molar refractivity (Wildman–Crippen MR) is 75.0 cm³/mol. The van der Waals surface area contributed by atoms with Crippen LogP contribution in [0.2, 0.25) is 0 Å². The van der Waals surface area contributed by atoms with E-state index in [0.717, 1.165) is 5.56 Å². The number of nitrogens with zero attached hydrogens (tertiary/aromatic N) is 1. The van der Waals surface area contributed by atoms with Crippen LogP contribution in [0.25, 0.3) is 0 Å². The van der Waals surface area contributed by atoms with Crippen LogP contribution in [0.1, 0.15) is 18.4 Å². The summed E-state index contributed by atoms with van der Waals surface area (Å²) in [6, 6.07) is 8.92. The second-order valence-electron chi connectivity index (χ2n) is 5.00. The van der Waals surface area contributed by atoms with Gasteiger partial charge in [-0.25, -0.2) is 4.79 Å². The van der Waals surface area contributed by atoms with Gasteiger partial charge >= 0.3 is 5.97 Å². The molecule has 1 aromatic carbocycles. The SMILES string of the molecule is CN(Cc1ccccc1)C(=O)COC(=O)[C@H]1CCC(=O)N1. The minimum Gasteiger partial charge on any atom is -0.454 e. The van der Waals surface area contributed by atoms with Crippen LogP contribution in [0.5, 0.6) is 0 Å². The molecule has 1 saturated heterocycles. The highest BCUT2D eigenvalue weighted by atomic mass is 16.5. The lowest BCUT2D eigenvalue weighted by Gasteiger charge is -2.18. The monoisotopic (exact) mass is 290 g/mol. The first-order chi connectivity index (χ1) is 10.1. The lowest BCUT2D eigenvalue weighted by atomic mass is 10.2. The van der Waals surface area contributed by atoms with Gasteiger partial charge in [0.05, 0.1) is 0 Å². The van der Waals surface area contributed by atoms with Crippen molar-refractivity contribution in [3.63, 3.8) is 0 Å². The third kappa shape index (κ3) is 4.30. The number of amides is 2. The van der Waals surface area contributed by atoms with Crippen LogP contribution in [0.3, 0.4) is 0 Å². The van der Waals surface area contributed by atoms with Crippen molar-refractivity contribution in [2.24, 2.45) is 0 Å². The Labute approximate surface area is 123 Å². The molecule has 1 heterocycles. The van der Waals surface area contributed by atoms with Gasteiger partial charge in [0.1, 0.15) is 6.04 Å². The summed E-state index contributed by atoms with van der Waals surface area (Å²) >= 11 is 0. The molecule has 1 aromatic rings. The summed E-state index contributed by atoms with van der Waals surface area (Å²) in [5.74, 6) is -0.997. The fourth-order valence-electron chi connectivity index (χ4n) is 2.08. The van der Waals surface area contributed by atoms with E-state index in [1.807, 2.05) is 30.3 Å². The van der Waals surface area contributed by atoms with E-state index >= 15 is 0 Å². The summed E-state index contributed by atoms with van der Waals surface area (Å²) in [5.41, 5.74) is 1.00. The van der Waals surface area contributed by atoms with E-state index in [1.54, 1.807) is 7.05 Å². The minimum atomic E-state index is -0.621. The van der Waals surface area contributed by atoms with Gasteiger partial charge in [-0.05, 0) is 12.0 Å². The molecule has 1 fully saturated rings. The molecule has 0 aromatic heterocycles. The Morgan fingerprint density at radius 3 is 2.67 bits per heavy atom.